The Labute approximate surface area is 64.3 Å². The minimum atomic E-state index is 0.885. The van der Waals surface area contributed by atoms with Crippen LogP contribution in [0.4, 0.5) is 0 Å². The van der Waals surface area contributed by atoms with E-state index in [1.54, 1.807) is 0 Å². The maximum atomic E-state index is 3.85. The van der Waals surface area contributed by atoms with Crippen LogP contribution in [0.1, 0.15) is 38.5 Å². The fourth-order valence-corrected chi connectivity index (χ4v) is 1.53. The fraction of sp³-hybridized carbons (Fsp3) is 0.700. The van der Waals surface area contributed by atoms with Crippen molar-refractivity contribution in [2.75, 3.05) is 0 Å². The molecule has 1 rings (SSSR count). The molecule has 0 aliphatic heterocycles. The van der Waals surface area contributed by atoms with Gasteiger partial charge in [0.25, 0.3) is 0 Å². The maximum Gasteiger partial charge on any atom is -0.0233 e. The normalized spacial score (nSPS) is 25.1. The molecule has 0 fully saturated rings. The second kappa shape index (κ2) is 4.54. The second-order valence-corrected chi connectivity index (χ2v) is 3.11. The monoisotopic (exact) mass is 137 g/mol. The predicted molar refractivity (Wildman–Crippen MR) is 45.7 cm³/mol. The first-order chi connectivity index (χ1) is 4.93. The van der Waals surface area contributed by atoms with Crippen LogP contribution in [0, 0.1) is 12.8 Å². The SMILES string of the molecule is [CH2]CCCC1C=CCCC1. The average Bonchev–Trinajstić information content (AvgIpc) is 2.03. The van der Waals surface area contributed by atoms with E-state index in [0.717, 1.165) is 12.3 Å². The molecule has 0 N–H and O–H groups in total. The van der Waals surface area contributed by atoms with Crippen LogP contribution in [0.2, 0.25) is 0 Å². The third kappa shape index (κ3) is 2.55. The summed E-state index contributed by atoms with van der Waals surface area (Å²) in [6.45, 7) is 3.85. The summed E-state index contributed by atoms with van der Waals surface area (Å²) in [6.07, 6.45) is 12.6. The fourth-order valence-electron chi connectivity index (χ4n) is 1.53. The van der Waals surface area contributed by atoms with E-state index in [0.29, 0.717) is 0 Å². The Morgan fingerprint density at radius 1 is 1.50 bits per heavy atom. The van der Waals surface area contributed by atoms with E-state index < -0.39 is 0 Å². The van der Waals surface area contributed by atoms with E-state index >= 15 is 0 Å². The van der Waals surface area contributed by atoms with Crippen LogP contribution >= 0.6 is 0 Å². The first-order valence-electron chi connectivity index (χ1n) is 4.39. The molecule has 1 atom stereocenters. The predicted octanol–water partition coefficient (Wildman–Crippen LogP) is 3.35. The minimum Gasteiger partial charge on any atom is -0.0883 e. The molecule has 0 spiro atoms. The molecule has 1 radical (unpaired) electrons. The third-order valence-electron chi connectivity index (χ3n) is 2.18. The van der Waals surface area contributed by atoms with Gasteiger partial charge in [0, 0.05) is 0 Å². The molecule has 0 aromatic heterocycles. The van der Waals surface area contributed by atoms with Crippen molar-refractivity contribution < 1.29 is 0 Å². The van der Waals surface area contributed by atoms with Crippen LogP contribution in [0.5, 0.6) is 0 Å². The summed E-state index contributed by atoms with van der Waals surface area (Å²) in [7, 11) is 0. The van der Waals surface area contributed by atoms with Crippen molar-refractivity contribution in [2.45, 2.75) is 38.5 Å². The van der Waals surface area contributed by atoms with E-state index in [1.807, 2.05) is 0 Å². The van der Waals surface area contributed by atoms with E-state index in [-0.39, 0.29) is 0 Å². The summed E-state index contributed by atoms with van der Waals surface area (Å²) in [6, 6.07) is 0. The van der Waals surface area contributed by atoms with Gasteiger partial charge < -0.3 is 0 Å². The lowest BCUT2D eigenvalue weighted by atomic mass is 9.91. The van der Waals surface area contributed by atoms with Gasteiger partial charge in [0.2, 0.25) is 0 Å². The highest BCUT2D eigenvalue weighted by Gasteiger charge is 2.06. The van der Waals surface area contributed by atoms with Crippen LogP contribution in [0.15, 0.2) is 12.2 Å². The van der Waals surface area contributed by atoms with Gasteiger partial charge in [0.15, 0.2) is 0 Å². The molecule has 0 bridgehead atoms. The van der Waals surface area contributed by atoms with Gasteiger partial charge in [-0.05, 0) is 31.6 Å². The van der Waals surface area contributed by atoms with Crippen molar-refractivity contribution >= 4 is 0 Å². The van der Waals surface area contributed by atoms with E-state index in [4.69, 9.17) is 0 Å². The van der Waals surface area contributed by atoms with Crippen LogP contribution in [0.25, 0.3) is 0 Å². The molecule has 0 aromatic carbocycles. The van der Waals surface area contributed by atoms with E-state index in [1.165, 1.54) is 32.1 Å². The number of rotatable bonds is 3. The Morgan fingerprint density at radius 3 is 3.00 bits per heavy atom. The highest BCUT2D eigenvalue weighted by molar-refractivity contribution is 4.92. The molecule has 0 saturated carbocycles. The molecule has 0 amide bonds. The van der Waals surface area contributed by atoms with Crippen LogP contribution < -0.4 is 0 Å². The van der Waals surface area contributed by atoms with Crippen LogP contribution in [0.3, 0.4) is 0 Å². The summed E-state index contributed by atoms with van der Waals surface area (Å²) >= 11 is 0. The summed E-state index contributed by atoms with van der Waals surface area (Å²) in [5, 5.41) is 0. The third-order valence-corrected chi connectivity index (χ3v) is 2.18. The van der Waals surface area contributed by atoms with Gasteiger partial charge >= 0.3 is 0 Å². The number of unbranched alkanes of at least 4 members (excludes halogenated alkanes) is 1. The first-order valence-corrected chi connectivity index (χ1v) is 4.39. The molecule has 57 valence electrons. The van der Waals surface area contributed by atoms with Gasteiger partial charge in [-0.2, -0.15) is 0 Å². The lowest BCUT2D eigenvalue weighted by Crippen LogP contribution is -1.99. The zero-order valence-electron chi connectivity index (χ0n) is 6.68. The topological polar surface area (TPSA) is 0 Å². The molecule has 1 unspecified atom stereocenters. The van der Waals surface area contributed by atoms with Gasteiger partial charge in [0.05, 0.1) is 0 Å². The largest absolute Gasteiger partial charge is 0.0883 e. The van der Waals surface area contributed by atoms with Crippen LogP contribution in [-0.4, -0.2) is 0 Å². The number of allylic oxidation sites excluding steroid dienone is 2. The molecule has 0 saturated heterocycles. The molecule has 0 aromatic rings. The molecule has 1 aliphatic carbocycles. The molecule has 0 nitrogen and oxygen atoms in total. The van der Waals surface area contributed by atoms with Crippen molar-refractivity contribution in [3.63, 3.8) is 0 Å². The smallest absolute Gasteiger partial charge is 0.0233 e. The van der Waals surface area contributed by atoms with Crippen molar-refractivity contribution in [1.29, 1.82) is 0 Å². The maximum absolute atomic E-state index is 3.85. The standard InChI is InChI=1S/C10H17/c1-2-3-7-10-8-5-4-6-9-10/h5,8,10H,1-4,6-7,9H2. The Kier molecular flexibility index (Phi) is 3.56. The second-order valence-electron chi connectivity index (χ2n) is 3.11. The Balaban J connectivity index is 2.13. The molecular formula is C10H17. The van der Waals surface area contributed by atoms with Gasteiger partial charge in [-0.3, -0.25) is 0 Å². The molecule has 1 aliphatic rings. The van der Waals surface area contributed by atoms with Gasteiger partial charge in [0.1, 0.15) is 0 Å². The van der Waals surface area contributed by atoms with Crippen LogP contribution in [-0.2, 0) is 0 Å². The Bertz CT molecular complexity index is 103. The van der Waals surface area contributed by atoms with E-state index in [9.17, 15) is 0 Å². The summed E-state index contributed by atoms with van der Waals surface area (Å²) in [5.41, 5.74) is 0. The highest BCUT2D eigenvalue weighted by Crippen LogP contribution is 2.21. The lowest BCUT2D eigenvalue weighted by molar-refractivity contribution is 0.491. The van der Waals surface area contributed by atoms with E-state index in [2.05, 4.69) is 19.1 Å². The van der Waals surface area contributed by atoms with Crippen molar-refractivity contribution in [3.05, 3.63) is 19.1 Å². The molecule has 0 heterocycles. The minimum absolute atomic E-state index is 0.885. The molecule has 0 heteroatoms. The average molecular weight is 137 g/mol. The zero-order valence-corrected chi connectivity index (χ0v) is 6.68. The summed E-state index contributed by atoms with van der Waals surface area (Å²) < 4.78 is 0. The van der Waals surface area contributed by atoms with Gasteiger partial charge in [-0.25, -0.2) is 0 Å². The molecule has 10 heavy (non-hydrogen) atoms. The lowest BCUT2D eigenvalue weighted by Gasteiger charge is -2.14. The summed E-state index contributed by atoms with van der Waals surface area (Å²) in [4.78, 5) is 0. The van der Waals surface area contributed by atoms with Crippen molar-refractivity contribution in [2.24, 2.45) is 5.92 Å². The first kappa shape index (κ1) is 7.84. The van der Waals surface area contributed by atoms with Gasteiger partial charge in [-0.1, -0.05) is 31.9 Å². The Hall–Kier alpha value is -0.260. The van der Waals surface area contributed by atoms with Gasteiger partial charge in [-0.15, -0.1) is 0 Å². The Morgan fingerprint density at radius 2 is 2.40 bits per heavy atom. The van der Waals surface area contributed by atoms with Crippen molar-refractivity contribution in [3.8, 4) is 0 Å². The zero-order chi connectivity index (χ0) is 7.23. The summed E-state index contributed by atoms with van der Waals surface area (Å²) in [5.74, 6) is 0.885. The number of hydrogen-bond acceptors (Lipinski definition) is 0. The molecular weight excluding hydrogens is 120 g/mol. The number of hydrogen-bond donors (Lipinski definition) is 0. The quantitative estimate of drug-likeness (QED) is 0.523. The highest BCUT2D eigenvalue weighted by atomic mass is 14.1. The van der Waals surface area contributed by atoms with Crippen molar-refractivity contribution in [1.82, 2.24) is 0 Å².